The number of hydrogen-bond acceptors (Lipinski definition) is 4. The average molecular weight is 309 g/mol. The summed E-state index contributed by atoms with van der Waals surface area (Å²) in [7, 11) is 0. The fourth-order valence-electron chi connectivity index (χ4n) is 2.63. The summed E-state index contributed by atoms with van der Waals surface area (Å²) in [6, 6.07) is 3.13. The maximum Gasteiger partial charge on any atom is 0.295 e. The van der Waals surface area contributed by atoms with Crippen LogP contribution in [-0.2, 0) is 4.79 Å². The largest absolute Gasteiger partial charge is 0.319 e. The summed E-state index contributed by atoms with van der Waals surface area (Å²) < 4.78 is 13.1. The first kappa shape index (κ1) is 16.4. The Kier molecular flexibility index (Phi) is 5.83. The molecule has 1 aromatic carbocycles. The summed E-state index contributed by atoms with van der Waals surface area (Å²) in [4.78, 5) is 24.3. The fraction of sp³-hybridized carbons (Fsp3) is 0.533. The highest BCUT2D eigenvalue weighted by molar-refractivity contribution is 5.94. The predicted molar refractivity (Wildman–Crippen MR) is 81.2 cm³/mol. The number of anilines is 1. The summed E-state index contributed by atoms with van der Waals surface area (Å²) in [6.07, 6.45) is 5.69. The van der Waals surface area contributed by atoms with Crippen molar-refractivity contribution in [2.75, 3.05) is 25.0 Å². The van der Waals surface area contributed by atoms with Crippen LogP contribution in [0.4, 0.5) is 15.8 Å². The molecule has 0 radical (unpaired) electrons. The summed E-state index contributed by atoms with van der Waals surface area (Å²) in [5, 5.41) is 13.4. The van der Waals surface area contributed by atoms with Gasteiger partial charge in [0.05, 0.1) is 17.5 Å². The lowest BCUT2D eigenvalue weighted by molar-refractivity contribution is -0.384. The Morgan fingerprint density at radius 1 is 1.23 bits per heavy atom. The number of likely N-dealkylation sites (tertiary alicyclic amines) is 1. The normalized spacial score (nSPS) is 16.6. The van der Waals surface area contributed by atoms with Crippen LogP contribution in [0.25, 0.3) is 0 Å². The van der Waals surface area contributed by atoms with Gasteiger partial charge < -0.3 is 5.32 Å². The number of halogens is 1. The molecule has 0 spiro atoms. The smallest absolute Gasteiger partial charge is 0.295 e. The molecule has 0 saturated carbocycles. The van der Waals surface area contributed by atoms with Crippen molar-refractivity contribution in [3.63, 3.8) is 0 Å². The van der Waals surface area contributed by atoms with Crippen molar-refractivity contribution in [2.24, 2.45) is 0 Å². The van der Waals surface area contributed by atoms with Crippen molar-refractivity contribution < 1.29 is 14.1 Å². The summed E-state index contributed by atoms with van der Waals surface area (Å²) in [5.74, 6) is -1.01. The van der Waals surface area contributed by atoms with Gasteiger partial charge in [-0.15, -0.1) is 0 Å². The summed E-state index contributed by atoms with van der Waals surface area (Å²) in [5.41, 5.74) is -0.399. The van der Waals surface area contributed by atoms with Crippen LogP contribution in [0, 0.1) is 15.9 Å². The maximum absolute atomic E-state index is 13.1. The van der Waals surface area contributed by atoms with Gasteiger partial charge >= 0.3 is 0 Å². The van der Waals surface area contributed by atoms with E-state index in [-0.39, 0.29) is 18.1 Å². The number of benzene rings is 1. The molecule has 1 N–H and O–H groups in total. The summed E-state index contributed by atoms with van der Waals surface area (Å²) in [6.45, 7) is 1.92. The molecule has 22 heavy (non-hydrogen) atoms. The van der Waals surface area contributed by atoms with Crippen molar-refractivity contribution in [3.8, 4) is 0 Å². The van der Waals surface area contributed by atoms with E-state index in [9.17, 15) is 19.3 Å². The van der Waals surface area contributed by atoms with E-state index in [1.165, 1.54) is 25.3 Å². The predicted octanol–water partition coefficient (Wildman–Crippen LogP) is 2.94. The molecule has 0 bridgehead atoms. The van der Waals surface area contributed by atoms with Crippen molar-refractivity contribution in [2.45, 2.75) is 32.1 Å². The van der Waals surface area contributed by atoms with Crippen LogP contribution < -0.4 is 5.32 Å². The van der Waals surface area contributed by atoms with Gasteiger partial charge in [-0.25, -0.2) is 4.39 Å². The molecule has 0 aromatic heterocycles. The minimum atomic E-state index is -0.700. The first-order valence-corrected chi connectivity index (χ1v) is 7.52. The Hall–Kier alpha value is -2.02. The molecule has 1 aliphatic rings. The van der Waals surface area contributed by atoms with Crippen LogP contribution in [0.15, 0.2) is 18.2 Å². The van der Waals surface area contributed by atoms with Crippen LogP contribution in [0.2, 0.25) is 0 Å². The third kappa shape index (κ3) is 4.77. The molecule has 6 nitrogen and oxygen atoms in total. The second kappa shape index (κ2) is 7.84. The SMILES string of the molecule is O=C(CN1CCCCCCC1)Nc1ccc(F)cc1[N+](=O)[O-]. The Morgan fingerprint density at radius 2 is 1.86 bits per heavy atom. The molecule has 1 saturated heterocycles. The molecular formula is C15H20FN3O3. The van der Waals surface area contributed by atoms with Crippen LogP contribution in [-0.4, -0.2) is 35.4 Å². The zero-order valence-corrected chi connectivity index (χ0v) is 12.4. The van der Waals surface area contributed by atoms with Crippen molar-refractivity contribution in [3.05, 3.63) is 34.1 Å². The first-order valence-electron chi connectivity index (χ1n) is 7.52. The van der Waals surface area contributed by atoms with Gasteiger partial charge in [-0.2, -0.15) is 0 Å². The van der Waals surface area contributed by atoms with Gasteiger partial charge in [0.15, 0.2) is 0 Å². The average Bonchev–Trinajstić information content (AvgIpc) is 2.43. The highest BCUT2D eigenvalue weighted by Gasteiger charge is 2.18. The van der Waals surface area contributed by atoms with Crippen LogP contribution >= 0.6 is 0 Å². The van der Waals surface area contributed by atoms with E-state index >= 15 is 0 Å². The Balaban J connectivity index is 1.98. The van der Waals surface area contributed by atoms with Crippen molar-refractivity contribution >= 4 is 17.3 Å². The van der Waals surface area contributed by atoms with Gasteiger partial charge in [-0.05, 0) is 38.1 Å². The summed E-state index contributed by atoms with van der Waals surface area (Å²) >= 11 is 0. The van der Waals surface area contributed by atoms with Crippen LogP contribution in [0.5, 0.6) is 0 Å². The number of nitro benzene ring substituents is 1. The highest BCUT2D eigenvalue weighted by atomic mass is 19.1. The first-order chi connectivity index (χ1) is 10.6. The molecule has 120 valence electrons. The lowest BCUT2D eigenvalue weighted by Crippen LogP contribution is -2.35. The number of hydrogen-bond donors (Lipinski definition) is 1. The zero-order chi connectivity index (χ0) is 15.9. The maximum atomic E-state index is 13.1. The standard InChI is InChI=1S/C15H20FN3O3/c16-12-6-7-13(14(10-12)19(21)22)17-15(20)11-18-8-4-2-1-3-5-9-18/h6-7,10H,1-5,8-9,11H2,(H,17,20). The lowest BCUT2D eigenvalue weighted by Gasteiger charge is -2.23. The van der Waals surface area contributed by atoms with E-state index in [1.54, 1.807) is 0 Å². The van der Waals surface area contributed by atoms with E-state index < -0.39 is 16.4 Å². The Bertz CT molecular complexity index is 543. The third-order valence-electron chi connectivity index (χ3n) is 3.75. The second-order valence-electron chi connectivity index (χ2n) is 5.51. The van der Waals surface area contributed by atoms with E-state index in [4.69, 9.17) is 0 Å². The van der Waals surface area contributed by atoms with Gasteiger partial charge in [0.1, 0.15) is 11.5 Å². The fourth-order valence-corrected chi connectivity index (χ4v) is 2.63. The minimum absolute atomic E-state index is 0.0310. The monoisotopic (exact) mass is 309 g/mol. The van der Waals surface area contributed by atoms with E-state index in [0.29, 0.717) is 0 Å². The third-order valence-corrected chi connectivity index (χ3v) is 3.75. The number of carbonyl (C=O) groups excluding carboxylic acids is 1. The molecule has 0 aliphatic carbocycles. The second-order valence-corrected chi connectivity index (χ2v) is 5.51. The molecule has 1 fully saturated rings. The van der Waals surface area contributed by atoms with E-state index in [1.807, 2.05) is 0 Å². The topological polar surface area (TPSA) is 75.5 Å². The molecule has 1 heterocycles. The molecular weight excluding hydrogens is 289 g/mol. The van der Waals surface area contributed by atoms with Crippen LogP contribution in [0.3, 0.4) is 0 Å². The zero-order valence-electron chi connectivity index (χ0n) is 12.4. The highest BCUT2D eigenvalue weighted by Crippen LogP contribution is 2.25. The van der Waals surface area contributed by atoms with Crippen molar-refractivity contribution in [1.29, 1.82) is 0 Å². The number of nitrogens with one attached hydrogen (secondary N) is 1. The van der Waals surface area contributed by atoms with Gasteiger partial charge in [0.2, 0.25) is 5.91 Å². The number of nitro groups is 1. The van der Waals surface area contributed by atoms with Gasteiger partial charge in [0.25, 0.3) is 5.69 Å². The Labute approximate surface area is 128 Å². The van der Waals surface area contributed by atoms with E-state index in [2.05, 4.69) is 10.2 Å². The van der Waals surface area contributed by atoms with Gasteiger partial charge in [-0.3, -0.25) is 19.8 Å². The lowest BCUT2D eigenvalue weighted by atomic mass is 10.1. The number of amides is 1. The van der Waals surface area contributed by atoms with Crippen molar-refractivity contribution in [1.82, 2.24) is 4.90 Å². The quantitative estimate of drug-likeness (QED) is 0.685. The molecule has 7 heteroatoms. The minimum Gasteiger partial charge on any atom is -0.319 e. The van der Waals surface area contributed by atoms with Crippen LogP contribution in [0.1, 0.15) is 32.1 Å². The number of nitrogens with zero attached hydrogens (tertiary/aromatic N) is 2. The molecule has 0 unspecified atom stereocenters. The van der Waals surface area contributed by atoms with Gasteiger partial charge in [0, 0.05) is 0 Å². The molecule has 1 amide bonds. The molecule has 0 atom stereocenters. The Morgan fingerprint density at radius 3 is 2.50 bits per heavy atom. The number of carbonyl (C=O) groups is 1. The van der Waals surface area contributed by atoms with E-state index in [0.717, 1.165) is 38.1 Å². The molecule has 2 rings (SSSR count). The molecule has 1 aliphatic heterocycles. The van der Waals surface area contributed by atoms with Gasteiger partial charge in [-0.1, -0.05) is 19.3 Å². The number of rotatable bonds is 4. The molecule has 1 aromatic rings.